The van der Waals surface area contributed by atoms with Crippen LogP contribution < -0.4 is 5.32 Å². The number of aromatic nitrogens is 2. The number of nitrogens with zero attached hydrogens (tertiary/aromatic N) is 4. The first-order chi connectivity index (χ1) is 15.5. The van der Waals surface area contributed by atoms with E-state index in [1.54, 1.807) is 24.3 Å². The Morgan fingerprint density at radius 1 is 1.19 bits per heavy atom. The fraction of sp³-hybridized carbons (Fsp3) is 0.280. The summed E-state index contributed by atoms with van der Waals surface area (Å²) in [5, 5.41) is 11.9. The van der Waals surface area contributed by atoms with Crippen LogP contribution in [0.25, 0.3) is 11.0 Å². The Bertz CT molecular complexity index is 1260. The van der Waals surface area contributed by atoms with Crippen molar-refractivity contribution < 1.29 is 9.59 Å². The number of imidazole rings is 1. The number of hydrogen-bond acceptors (Lipinski definition) is 4. The van der Waals surface area contributed by atoms with Crippen molar-refractivity contribution in [2.75, 3.05) is 18.4 Å². The smallest absolute Gasteiger partial charge is 0.257 e. The normalized spacial score (nSPS) is 21.8. The molecular formula is C25H23N5O2. The second-order valence-corrected chi connectivity index (χ2v) is 8.71. The fourth-order valence-corrected chi connectivity index (χ4v) is 5.08. The summed E-state index contributed by atoms with van der Waals surface area (Å²) in [5.41, 5.74) is 2.93. The number of anilines is 1. The van der Waals surface area contributed by atoms with Crippen LogP contribution in [0.1, 0.15) is 41.2 Å². The van der Waals surface area contributed by atoms with Crippen LogP contribution in [0.15, 0.2) is 61.2 Å². The molecule has 5 rings (SSSR count). The first-order valence-corrected chi connectivity index (χ1v) is 10.7. The highest BCUT2D eigenvalue weighted by Crippen LogP contribution is 2.55. The Balaban J connectivity index is 1.40. The molecule has 3 aromatic rings. The maximum absolute atomic E-state index is 12.9. The molecule has 2 heterocycles. The molecule has 1 saturated heterocycles. The van der Waals surface area contributed by atoms with Crippen LogP contribution >= 0.6 is 0 Å². The molecule has 0 unspecified atom stereocenters. The minimum absolute atomic E-state index is 0.00576. The molecule has 1 aliphatic carbocycles. The van der Waals surface area contributed by atoms with Crippen LogP contribution in [0, 0.1) is 16.7 Å². The Labute approximate surface area is 186 Å². The van der Waals surface area contributed by atoms with Crippen LogP contribution in [-0.4, -0.2) is 39.4 Å². The fourth-order valence-electron chi connectivity index (χ4n) is 5.08. The number of carbonyl (C=O) groups excluding carboxylic acids is 2. The summed E-state index contributed by atoms with van der Waals surface area (Å²) in [4.78, 5) is 31.4. The zero-order valence-corrected chi connectivity index (χ0v) is 17.6. The Kier molecular flexibility index (Phi) is 4.78. The SMILES string of the molecule is C=CC(=O)N1CCC2(CC(n3c(NC(=O)c4ccc(C#N)cc4)nc4ccccc43)C2)C1. The van der Waals surface area contributed by atoms with Gasteiger partial charge in [-0.3, -0.25) is 14.9 Å². The van der Waals surface area contributed by atoms with E-state index in [0.29, 0.717) is 17.1 Å². The Morgan fingerprint density at radius 3 is 2.66 bits per heavy atom. The van der Waals surface area contributed by atoms with Crippen molar-refractivity contribution >= 4 is 28.8 Å². The van der Waals surface area contributed by atoms with E-state index in [-0.39, 0.29) is 23.3 Å². The van der Waals surface area contributed by atoms with Gasteiger partial charge >= 0.3 is 0 Å². The number of carbonyl (C=O) groups is 2. The van der Waals surface area contributed by atoms with E-state index >= 15 is 0 Å². The van der Waals surface area contributed by atoms with Crippen molar-refractivity contribution in [1.29, 1.82) is 5.26 Å². The van der Waals surface area contributed by atoms with E-state index in [1.807, 2.05) is 29.2 Å². The van der Waals surface area contributed by atoms with E-state index in [4.69, 9.17) is 5.26 Å². The predicted octanol–water partition coefficient (Wildman–Crippen LogP) is 3.90. The first kappa shape index (κ1) is 20.0. The van der Waals surface area contributed by atoms with Crippen molar-refractivity contribution in [3.63, 3.8) is 0 Å². The molecule has 1 aliphatic heterocycles. The first-order valence-electron chi connectivity index (χ1n) is 10.7. The summed E-state index contributed by atoms with van der Waals surface area (Å²) in [5.74, 6) is 0.259. The number of likely N-dealkylation sites (tertiary alicyclic amines) is 1. The van der Waals surface area contributed by atoms with Gasteiger partial charge in [0.15, 0.2) is 0 Å². The van der Waals surface area contributed by atoms with E-state index in [0.717, 1.165) is 43.4 Å². The third-order valence-electron chi connectivity index (χ3n) is 6.72. The monoisotopic (exact) mass is 425 g/mol. The summed E-state index contributed by atoms with van der Waals surface area (Å²) in [6.07, 6.45) is 4.25. The van der Waals surface area contributed by atoms with Crippen LogP contribution in [-0.2, 0) is 4.79 Å². The van der Waals surface area contributed by atoms with Crippen LogP contribution in [0.2, 0.25) is 0 Å². The molecule has 2 aliphatic rings. The number of nitriles is 1. The molecule has 2 aromatic carbocycles. The van der Waals surface area contributed by atoms with Gasteiger partial charge < -0.3 is 9.47 Å². The lowest BCUT2D eigenvalue weighted by Gasteiger charge is -2.46. The predicted molar refractivity (Wildman–Crippen MR) is 121 cm³/mol. The third-order valence-corrected chi connectivity index (χ3v) is 6.72. The molecule has 0 bridgehead atoms. The minimum Gasteiger partial charge on any atom is -0.339 e. The highest BCUT2D eigenvalue weighted by Gasteiger charge is 2.50. The lowest BCUT2D eigenvalue weighted by Crippen LogP contribution is -2.42. The van der Waals surface area contributed by atoms with Gasteiger partial charge in [-0.05, 0) is 67.2 Å². The lowest BCUT2D eigenvalue weighted by molar-refractivity contribution is -0.125. The second kappa shape index (κ2) is 7.65. The number of rotatable bonds is 4. The standard InChI is InChI=1S/C25H23N5O2/c1-2-22(31)29-12-11-25(16-29)13-19(14-25)30-21-6-4-3-5-20(21)27-24(30)28-23(32)18-9-7-17(15-26)8-10-18/h2-10,19H,1,11-14,16H2,(H,27,28,32). The summed E-state index contributed by atoms with van der Waals surface area (Å²) in [6.45, 7) is 5.13. The molecule has 1 saturated carbocycles. The van der Waals surface area contributed by atoms with Gasteiger partial charge in [0, 0.05) is 24.7 Å². The van der Waals surface area contributed by atoms with Crippen LogP contribution in [0.5, 0.6) is 0 Å². The van der Waals surface area contributed by atoms with Crippen molar-refractivity contribution in [1.82, 2.24) is 14.5 Å². The number of amides is 2. The number of para-hydroxylation sites is 2. The molecule has 1 spiro atoms. The quantitative estimate of drug-likeness (QED) is 0.642. The summed E-state index contributed by atoms with van der Waals surface area (Å²) >= 11 is 0. The second-order valence-electron chi connectivity index (χ2n) is 8.71. The average molecular weight is 425 g/mol. The highest BCUT2D eigenvalue weighted by atomic mass is 16.2. The number of hydrogen-bond donors (Lipinski definition) is 1. The van der Waals surface area contributed by atoms with E-state index in [9.17, 15) is 9.59 Å². The number of fused-ring (bicyclic) bond motifs is 1. The molecular weight excluding hydrogens is 402 g/mol. The molecule has 2 fully saturated rings. The van der Waals surface area contributed by atoms with Gasteiger partial charge in [0.05, 0.1) is 22.7 Å². The summed E-state index contributed by atoms with van der Waals surface area (Å²) < 4.78 is 2.13. The largest absolute Gasteiger partial charge is 0.339 e. The zero-order valence-electron chi connectivity index (χ0n) is 17.6. The van der Waals surface area contributed by atoms with Gasteiger partial charge in [-0.1, -0.05) is 18.7 Å². The molecule has 1 aromatic heterocycles. The Morgan fingerprint density at radius 2 is 1.94 bits per heavy atom. The maximum Gasteiger partial charge on any atom is 0.257 e. The molecule has 1 N–H and O–H groups in total. The van der Waals surface area contributed by atoms with Crippen LogP contribution in [0.3, 0.4) is 0 Å². The third kappa shape index (κ3) is 3.34. The van der Waals surface area contributed by atoms with Crippen LogP contribution in [0.4, 0.5) is 5.95 Å². The zero-order chi connectivity index (χ0) is 22.3. The van der Waals surface area contributed by atoms with Crippen molar-refractivity contribution in [2.24, 2.45) is 5.41 Å². The number of nitrogens with one attached hydrogen (secondary N) is 1. The summed E-state index contributed by atoms with van der Waals surface area (Å²) in [7, 11) is 0. The molecule has 7 nitrogen and oxygen atoms in total. The minimum atomic E-state index is -0.260. The van der Waals surface area contributed by atoms with Gasteiger partial charge in [0.2, 0.25) is 11.9 Å². The van der Waals surface area contributed by atoms with Crippen molar-refractivity contribution in [3.05, 3.63) is 72.3 Å². The molecule has 7 heteroatoms. The van der Waals surface area contributed by atoms with E-state index in [1.165, 1.54) is 6.08 Å². The van der Waals surface area contributed by atoms with Gasteiger partial charge in [-0.15, -0.1) is 0 Å². The molecule has 0 radical (unpaired) electrons. The maximum atomic E-state index is 12.9. The molecule has 32 heavy (non-hydrogen) atoms. The van der Waals surface area contributed by atoms with E-state index in [2.05, 4.69) is 27.5 Å². The molecule has 0 atom stereocenters. The summed E-state index contributed by atoms with van der Waals surface area (Å²) in [6, 6.07) is 16.7. The molecule has 160 valence electrons. The van der Waals surface area contributed by atoms with E-state index < -0.39 is 0 Å². The highest BCUT2D eigenvalue weighted by molar-refractivity contribution is 6.04. The topological polar surface area (TPSA) is 91.0 Å². The van der Waals surface area contributed by atoms with Crippen molar-refractivity contribution in [2.45, 2.75) is 25.3 Å². The average Bonchev–Trinajstić information content (AvgIpc) is 3.39. The lowest BCUT2D eigenvalue weighted by atomic mass is 9.65. The Hall–Kier alpha value is -3.92. The van der Waals surface area contributed by atoms with Gasteiger partial charge in [0.25, 0.3) is 5.91 Å². The molecule has 2 amide bonds. The van der Waals surface area contributed by atoms with Crippen molar-refractivity contribution in [3.8, 4) is 6.07 Å². The van der Waals surface area contributed by atoms with Gasteiger partial charge in [-0.25, -0.2) is 4.98 Å². The number of benzene rings is 2. The van der Waals surface area contributed by atoms with Gasteiger partial charge in [-0.2, -0.15) is 5.26 Å². The van der Waals surface area contributed by atoms with Gasteiger partial charge in [0.1, 0.15) is 0 Å².